The number of likely N-dealkylation sites (tertiary alicyclic amines) is 1. The first-order valence-corrected chi connectivity index (χ1v) is 19.1. The molecule has 49 heavy (non-hydrogen) atoms. The van der Waals surface area contributed by atoms with Gasteiger partial charge in [-0.2, -0.15) is 0 Å². The molecule has 2 saturated carbocycles. The van der Waals surface area contributed by atoms with E-state index in [1.165, 1.54) is 4.90 Å². The second-order valence-corrected chi connectivity index (χ2v) is 19.2. The summed E-state index contributed by atoms with van der Waals surface area (Å²) in [6.07, 6.45) is 3.14. The number of ketones is 1. The van der Waals surface area contributed by atoms with Crippen LogP contribution in [-0.4, -0.2) is 79.3 Å². The van der Waals surface area contributed by atoms with Crippen molar-refractivity contribution in [2.45, 2.75) is 111 Å². The Kier molecular flexibility index (Phi) is 11.0. The number of amides is 5. The van der Waals surface area contributed by atoms with E-state index in [0.29, 0.717) is 18.5 Å². The Morgan fingerprint density at radius 3 is 2.06 bits per heavy atom. The molecular weight excluding hydrogens is 646 g/mol. The summed E-state index contributed by atoms with van der Waals surface area (Å²) >= 11 is 0. The minimum atomic E-state index is -3.62. The number of hydrogen-bond acceptors (Lipinski definition) is 7. The number of hydrogen-bond donors (Lipinski definition) is 4. The average molecular weight is 702 g/mol. The Morgan fingerprint density at radius 2 is 1.55 bits per heavy atom. The maximum Gasteiger partial charge on any atom is 0.315 e. The number of carbonyl (C=O) groups excluding carboxylic acids is 5. The van der Waals surface area contributed by atoms with Crippen LogP contribution in [0.1, 0.15) is 86.6 Å². The lowest BCUT2D eigenvalue weighted by atomic mass is 9.80. The Morgan fingerprint density at radius 1 is 0.939 bits per heavy atom. The zero-order valence-corrected chi connectivity index (χ0v) is 31.0. The molecule has 5 N–H and O–H groups in total. The summed E-state index contributed by atoms with van der Waals surface area (Å²) in [7, 11) is -3.62. The molecule has 0 spiro atoms. The van der Waals surface area contributed by atoms with Crippen molar-refractivity contribution < 1.29 is 32.4 Å². The van der Waals surface area contributed by atoms with Crippen molar-refractivity contribution in [3.8, 4) is 0 Å². The molecule has 1 unspecified atom stereocenters. The number of nitrogens with zero attached hydrogens (tertiary/aromatic N) is 1. The summed E-state index contributed by atoms with van der Waals surface area (Å²) in [5.74, 6) is -3.32. The van der Waals surface area contributed by atoms with Gasteiger partial charge in [-0.25, -0.2) is 13.2 Å². The third-order valence-corrected chi connectivity index (χ3v) is 12.4. The van der Waals surface area contributed by atoms with Crippen molar-refractivity contribution >= 4 is 39.4 Å². The number of sulfone groups is 1. The molecule has 0 bridgehead atoms. The zero-order chi connectivity index (χ0) is 36.7. The third-order valence-electron chi connectivity index (χ3n) is 10.8. The summed E-state index contributed by atoms with van der Waals surface area (Å²) in [5, 5.41) is 8.42. The summed E-state index contributed by atoms with van der Waals surface area (Å²) in [4.78, 5) is 68.0. The Hall–Kier alpha value is -3.48. The van der Waals surface area contributed by atoms with Gasteiger partial charge >= 0.3 is 6.03 Å². The Balaban J connectivity index is 1.52. The lowest BCUT2D eigenvalue weighted by Crippen LogP contribution is -2.62. The minimum absolute atomic E-state index is 0.0404. The van der Waals surface area contributed by atoms with E-state index in [1.807, 2.05) is 40.7 Å². The molecule has 5 amide bonds. The van der Waals surface area contributed by atoms with Crippen molar-refractivity contribution in [1.82, 2.24) is 20.9 Å². The van der Waals surface area contributed by atoms with Gasteiger partial charge in [0.05, 0.1) is 17.5 Å². The van der Waals surface area contributed by atoms with Crippen LogP contribution < -0.4 is 21.7 Å². The van der Waals surface area contributed by atoms with E-state index in [-0.39, 0.29) is 34.7 Å². The van der Waals surface area contributed by atoms with Gasteiger partial charge in [0.15, 0.2) is 9.84 Å². The highest BCUT2D eigenvalue weighted by atomic mass is 32.2. The normalized spacial score (nSPS) is 23.7. The van der Waals surface area contributed by atoms with Crippen LogP contribution >= 0.6 is 0 Å². The molecular formula is C36H55N5O7S. The fourth-order valence-corrected chi connectivity index (χ4v) is 9.24. The number of urea groups is 1. The fraction of sp³-hybridized carbons (Fsp3) is 0.694. The zero-order valence-electron chi connectivity index (χ0n) is 30.2. The number of fused-ring (bicyclic) bond motifs is 1. The van der Waals surface area contributed by atoms with E-state index >= 15 is 0 Å². The van der Waals surface area contributed by atoms with E-state index in [1.54, 1.807) is 45.0 Å². The number of nitrogens with two attached hydrogens (primary N) is 1. The van der Waals surface area contributed by atoms with Crippen LogP contribution in [0.15, 0.2) is 30.3 Å². The number of nitrogens with one attached hydrogen (secondary N) is 3. The average Bonchev–Trinajstić information content (AvgIpc) is 3.26. The summed E-state index contributed by atoms with van der Waals surface area (Å²) in [6, 6.07) is 4.33. The Labute approximate surface area is 291 Å². The first-order valence-electron chi connectivity index (χ1n) is 17.3. The van der Waals surface area contributed by atoms with E-state index in [0.717, 1.165) is 19.3 Å². The number of rotatable bonds is 13. The molecule has 13 heteroatoms. The van der Waals surface area contributed by atoms with E-state index in [2.05, 4.69) is 16.0 Å². The minimum Gasteiger partial charge on any atom is -0.363 e. The summed E-state index contributed by atoms with van der Waals surface area (Å²) in [5.41, 5.74) is 4.34. The predicted molar refractivity (Wildman–Crippen MR) is 186 cm³/mol. The van der Waals surface area contributed by atoms with E-state index in [4.69, 9.17) is 5.73 Å². The highest BCUT2D eigenvalue weighted by Crippen LogP contribution is 2.65. The smallest absolute Gasteiger partial charge is 0.315 e. The SMILES string of the molecule is CC(C)(C)[C@H](NC(=O)N[C@H](CS(=O)(=O)Cc1ccccc1)C(C)(C)C)C(=O)N1C[C@H]2[C@@H]([C@H]1C(=O)NC(CC1CCC1)C(=O)C(N)=O)C2(C)C. The monoisotopic (exact) mass is 701 g/mol. The molecule has 12 nitrogen and oxygen atoms in total. The summed E-state index contributed by atoms with van der Waals surface area (Å²) in [6.45, 7) is 15.3. The van der Waals surface area contributed by atoms with Crippen LogP contribution in [0.5, 0.6) is 0 Å². The number of piperidine rings is 1. The van der Waals surface area contributed by atoms with Gasteiger partial charge in [0.2, 0.25) is 17.6 Å². The van der Waals surface area contributed by atoms with Crippen molar-refractivity contribution in [2.24, 2.45) is 39.7 Å². The van der Waals surface area contributed by atoms with Crippen LogP contribution in [0.25, 0.3) is 0 Å². The van der Waals surface area contributed by atoms with Gasteiger partial charge in [-0.3, -0.25) is 19.2 Å². The van der Waals surface area contributed by atoms with Crippen LogP contribution in [0, 0.1) is 34.0 Å². The molecule has 3 aliphatic rings. The van der Waals surface area contributed by atoms with Gasteiger partial charge in [0.25, 0.3) is 5.91 Å². The van der Waals surface area contributed by atoms with Crippen molar-refractivity contribution in [3.63, 3.8) is 0 Å². The molecule has 2 aliphatic carbocycles. The molecule has 1 aromatic rings. The van der Waals surface area contributed by atoms with Gasteiger partial charge in [0.1, 0.15) is 12.1 Å². The maximum atomic E-state index is 14.4. The topological polar surface area (TPSA) is 185 Å². The standard InChI is InChI=1S/C36H55N5O7S/c1-34(2,3)25(20-49(47,48)19-22-13-10-9-11-14-22)39-33(46)40-29(35(4,5)6)32(45)41-18-23-26(36(23,7)8)27(41)31(44)38-24(28(42)30(37)43)17-21-15-12-16-21/h9-11,13-14,21,23-27,29H,12,15-20H2,1-8H3,(H2,37,43)(H,38,44)(H2,39,40,46)/t23-,24?,25+,26-,27-,29+/m0/s1. The van der Waals surface area contributed by atoms with Crippen molar-refractivity contribution in [2.75, 3.05) is 12.3 Å². The highest BCUT2D eigenvalue weighted by Gasteiger charge is 2.70. The van der Waals surface area contributed by atoms with E-state index < -0.39 is 74.4 Å². The van der Waals surface area contributed by atoms with Gasteiger partial charge in [-0.15, -0.1) is 0 Å². The van der Waals surface area contributed by atoms with Crippen LogP contribution in [-0.2, 0) is 34.8 Å². The van der Waals surface area contributed by atoms with Crippen LogP contribution in [0.4, 0.5) is 4.79 Å². The molecule has 6 atom stereocenters. The van der Waals surface area contributed by atoms with Gasteiger partial charge in [0, 0.05) is 12.6 Å². The lowest BCUT2D eigenvalue weighted by molar-refractivity contribution is -0.145. The first-order chi connectivity index (χ1) is 22.5. The highest BCUT2D eigenvalue weighted by molar-refractivity contribution is 7.90. The van der Waals surface area contributed by atoms with Gasteiger partial charge in [-0.05, 0) is 46.0 Å². The van der Waals surface area contributed by atoms with Crippen molar-refractivity contribution in [1.29, 1.82) is 0 Å². The third kappa shape index (κ3) is 9.01. The second kappa shape index (κ2) is 14.0. The molecule has 0 radical (unpaired) electrons. The number of primary amides is 1. The lowest BCUT2D eigenvalue weighted by Gasteiger charge is -2.39. The van der Waals surface area contributed by atoms with Crippen LogP contribution in [0.3, 0.4) is 0 Å². The molecule has 3 fully saturated rings. The molecule has 1 aliphatic heterocycles. The van der Waals surface area contributed by atoms with Gasteiger partial charge in [-0.1, -0.05) is 105 Å². The molecule has 1 aromatic carbocycles. The van der Waals surface area contributed by atoms with Crippen LogP contribution in [0.2, 0.25) is 0 Å². The quantitative estimate of drug-likeness (QED) is 0.228. The Bertz CT molecular complexity index is 1540. The number of carbonyl (C=O) groups is 5. The molecule has 0 aromatic heterocycles. The first kappa shape index (κ1) is 38.3. The van der Waals surface area contributed by atoms with Crippen molar-refractivity contribution in [3.05, 3.63) is 35.9 Å². The van der Waals surface area contributed by atoms with E-state index in [9.17, 15) is 32.4 Å². The molecule has 272 valence electrons. The second-order valence-electron chi connectivity index (χ2n) is 17.1. The predicted octanol–water partition coefficient (Wildman–Crippen LogP) is 2.94. The molecule has 1 saturated heterocycles. The fourth-order valence-electron chi connectivity index (χ4n) is 7.33. The number of Topliss-reactive ketones (excluding diaryl/α,β-unsaturated/α-hetero) is 1. The largest absolute Gasteiger partial charge is 0.363 e. The maximum absolute atomic E-state index is 14.4. The van der Waals surface area contributed by atoms with Gasteiger partial charge < -0.3 is 26.6 Å². The molecule has 1 heterocycles. The molecule has 4 rings (SSSR count). The number of benzene rings is 1. The summed E-state index contributed by atoms with van der Waals surface area (Å²) < 4.78 is 26.4.